The van der Waals surface area contributed by atoms with Gasteiger partial charge in [-0.3, -0.25) is 4.79 Å². The second-order valence-corrected chi connectivity index (χ2v) is 7.27. The minimum atomic E-state index is 0.0924. The monoisotopic (exact) mass is 386 g/mol. The number of aromatic nitrogens is 1. The van der Waals surface area contributed by atoms with Crippen molar-refractivity contribution in [2.45, 2.75) is 33.1 Å². The highest BCUT2D eigenvalue weighted by Crippen LogP contribution is 2.36. The van der Waals surface area contributed by atoms with E-state index in [1.165, 1.54) is 0 Å². The molecule has 0 aliphatic carbocycles. The van der Waals surface area contributed by atoms with Crippen molar-refractivity contribution in [2.75, 3.05) is 33.1 Å². The van der Waals surface area contributed by atoms with E-state index in [1.54, 1.807) is 0 Å². The second-order valence-electron chi connectivity index (χ2n) is 7.27. The number of nitrogens with zero attached hydrogens (tertiary/aromatic N) is 2. The average molecular weight is 386 g/mol. The third kappa shape index (κ3) is 3.99. The van der Waals surface area contributed by atoms with Crippen molar-refractivity contribution in [3.05, 3.63) is 29.7 Å². The lowest BCUT2D eigenvalue weighted by molar-refractivity contribution is -0.132. The molecular formula is C21H26N2O5. The van der Waals surface area contributed by atoms with E-state index in [9.17, 15) is 4.79 Å². The first-order chi connectivity index (χ1) is 13.6. The summed E-state index contributed by atoms with van der Waals surface area (Å²) in [6.45, 7) is 7.06. The quantitative estimate of drug-likeness (QED) is 0.759. The third-order valence-electron chi connectivity index (χ3n) is 5.26. The van der Waals surface area contributed by atoms with Crippen molar-refractivity contribution >= 4 is 5.91 Å². The van der Waals surface area contributed by atoms with Crippen LogP contribution in [0.3, 0.4) is 0 Å². The van der Waals surface area contributed by atoms with Crippen LogP contribution < -0.4 is 9.47 Å². The van der Waals surface area contributed by atoms with Crippen molar-refractivity contribution in [3.8, 4) is 23.0 Å². The molecular weight excluding hydrogens is 360 g/mol. The number of oxazole rings is 1. The molecule has 150 valence electrons. The molecule has 3 heterocycles. The Balaban J connectivity index is 1.43. The topological polar surface area (TPSA) is 74.0 Å². The molecule has 28 heavy (non-hydrogen) atoms. The molecule has 2 aliphatic heterocycles. The summed E-state index contributed by atoms with van der Waals surface area (Å²) in [4.78, 5) is 19.3. The van der Waals surface area contributed by atoms with Crippen LogP contribution in [0.2, 0.25) is 0 Å². The zero-order chi connectivity index (χ0) is 19.5. The zero-order valence-corrected chi connectivity index (χ0v) is 16.4. The molecule has 1 amide bonds. The van der Waals surface area contributed by atoms with Crippen LogP contribution in [-0.2, 0) is 16.0 Å². The summed E-state index contributed by atoms with van der Waals surface area (Å²) >= 11 is 0. The van der Waals surface area contributed by atoms with E-state index in [4.69, 9.17) is 18.6 Å². The van der Waals surface area contributed by atoms with Gasteiger partial charge in [0, 0.05) is 25.3 Å². The van der Waals surface area contributed by atoms with Crippen LogP contribution in [0.25, 0.3) is 11.5 Å². The summed E-state index contributed by atoms with van der Waals surface area (Å²) in [5.41, 5.74) is 1.49. The van der Waals surface area contributed by atoms with E-state index >= 15 is 0 Å². The highest BCUT2D eigenvalue weighted by molar-refractivity contribution is 5.79. The molecule has 1 saturated heterocycles. The van der Waals surface area contributed by atoms with Crippen molar-refractivity contribution in [2.24, 2.45) is 5.92 Å². The molecule has 0 radical (unpaired) electrons. The van der Waals surface area contributed by atoms with E-state index < -0.39 is 0 Å². The van der Waals surface area contributed by atoms with E-state index in [2.05, 4.69) is 4.98 Å². The van der Waals surface area contributed by atoms with Crippen molar-refractivity contribution in [1.82, 2.24) is 9.88 Å². The smallest absolute Gasteiger partial charge is 0.231 e. The molecule has 7 nitrogen and oxygen atoms in total. The molecule has 1 aromatic heterocycles. The minimum absolute atomic E-state index is 0.0924. The molecule has 2 aliphatic rings. The number of carbonyl (C=O) groups excluding carboxylic acids is 1. The fraction of sp³-hybridized carbons (Fsp3) is 0.524. The predicted octanol–water partition coefficient (Wildman–Crippen LogP) is 3.20. The fourth-order valence-corrected chi connectivity index (χ4v) is 3.71. The molecule has 1 atom stereocenters. The van der Waals surface area contributed by atoms with Gasteiger partial charge in [0.1, 0.15) is 5.76 Å². The van der Waals surface area contributed by atoms with Gasteiger partial charge in [0.25, 0.3) is 0 Å². The molecule has 0 spiro atoms. The lowest BCUT2D eigenvalue weighted by Gasteiger charge is -2.32. The molecule has 0 saturated carbocycles. The van der Waals surface area contributed by atoms with Gasteiger partial charge in [-0.1, -0.05) is 0 Å². The van der Waals surface area contributed by atoms with Gasteiger partial charge in [-0.2, -0.15) is 0 Å². The van der Waals surface area contributed by atoms with Gasteiger partial charge in [0.2, 0.25) is 18.6 Å². The van der Waals surface area contributed by atoms with Crippen LogP contribution in [0.5, 0.6) is 11.5 Å². The number of likely N-dealkylation sites (tertiary alicyclic amines) is 1. The number of carbonyl (C=O) groups is 1. The number of aryl methyl sites for hydroxylation is 1. The van der Waals surface area contributed by atoms with Crippen LogP contribution >= 0.6 is 0 Å². The van der Waals surface area contributed by atoms with Gasteiger partial charge >= 0.3 is 0 Å². The normalized spacial score (nSPS) is 18.5. The van der Waals surface area contributed by atoms with Crippen LogP contribution in [-0.4, -0.2) is 48.9 Å². The Kier molecular flexibility index (Phi) is 5.52. The van der Waals surface area contributed by atoms with Gasteiger partial charge in [-0.05, 0) is 50.8 Å². The van der Waals surface area contributed by atoms with Crippen LogP contribution in [0.1, 0.15) is 31.2 Å². The van der Waals surface area contributed by atoms with Gasteiger partial charge < -0.3 is 23.5 Å². The number of fused-ring (bicyclic) bond motifs is 1. The zero-order valence-electron chi connectivity index (χ0n) is 16.4. The number of benzene rings is 1. The predicted molar refractivity (Wildman–Crippen MR) is 102 cm³/mol. The molecule has 0 N–H and O–H groups in total. The van der Waals surface area contributed by atoms with E-state index in [0.29, 0.717) is 41.4 Å². The highest BCUT2D eigenvalue weighted by atomic mass is 16.7. The largest absolute Gasteiger partial charge is 0.454 e. The summed E-state index contributed by atoms with van der Waals surface area (Å²) in [5, 5.41) is 0. The highest BCUT2D eigenvalue weighted by Gasteiger charge is 2.25. The molecule has 1 aromatic carbocycles. The third-order valence-corrected chi connectivity index (χ3v) is 5.26. The van der Waals surface area contributed by atoms with Crippen molar-refractivity contribution in [3.63, 3.8) is 0 Å². The lowest BCUT2D eigenvalue weighted by atomic mass is 9.98. The first-order valence-corrected chi connectivity index (χ1v) is 9.86. The van der Waals surface area contributed by atoms with E-state index in [0.717, 1.165) is 38.1 Å². The molecule has 2 aromatic rings. The maximum absolute atomic E-state index is 12.8. The number of rotatable bonds is 6. The number of hydrogen-bond donors (Lipinski definition) is 0. The van der Waals surface area contributed by atoms with Gasteiger partial charge in [-0.15, -0.1) is 0 Å². The SMILES string of the molecule is CCOCC1CCCN(C(=O)Cc2nc(-c3ccc4c(c3)OCO4)oc2C)C1. The summed E-state index contributed by atoms with van der Waals surface area (Å²) in [5.74, 6) is 3.07. The Labute approximate surface area is 164 Å². The Bertz CT molecular complexity index is 847. The maximum atomic E-state index is 12.8. The molecule has 1 unspecified atom stereocenters. The number of ether oxygens (including phenoxy) is 3. The lowest BCUT2D eigenvalue weighted by Crippen LogP contribution is -2.42. The molecule has 0 bridgehead atoms. The second kappa shape index (κ2) is 8.22. The Morgan fingerprint density at radius 1 is 1.32 bits per heavy atom. The van der Waals surface area contributed by atoms with Gasteiger partial charge in [0.05, 0.1) is 18.7 Å². The summed E-state index contributed by atoms with van der Waals surface area (Å²) in [6, 6.07) is 5.57. The Hall–Kier alpha value is -2.54. The first-order valence-electron chi connectivity index (χ1n) is 9.86. The van der Waals surface area contributed by atoms with E-state index in [1.807, 2.05) is 36.9 Å². The number of amides is 1. The summed E-state index contributed by atoms with van der Waals surface area (Å²) < 4.78 is 22.1. The Morgan fingerprint density at radius 3 is 3.04 bits per heavy atom. The molecule has 1 fully saturated rings. The van der Waals surface area contributed by atoms with Crippen molar-refractivity contribution in [1.29, 1.82) is 0 Å². The summed E-state index contributed by atoms with van der Waals surface area (Å²) in [7, 11) is 0. The number of piperidine rings is 1. The maximum Gasteiger partial charge on any atom is 0.231 e. The molecule has 4 rings (SSSR count). The molecule has 7 heteroatoms. The van der Waals surface area contributed by atoms with Crippen LogP contribution in [0.4, 0.5) is 0 Å². The minimum Gasteiger partial charge on any atom is -0.454 e. The fourth-order valence-electron chi connectivity index (χ4n) is 3.71. The standard InChI is InChI=1S/C21H26N2O5/c1-3-25-12-15-5-4-8-23(11-15)20(24)10-17-14(2)28-21(22-17)16-6-7-18-19(9-16)27-13-26-18/h6-7,9,15H,3-5,8,10-13H2,1-2H3. The van der Waals surface area contributed by atoms with Crippen molar-refractivity contribution < 1.29 is 23.4 Å². The van der Waals surface area contributed by atoms with Crippen LogP contribution in [0, 0.1) is 12.8 Å². The first kappa shape index (κ1) is 18.8. The average Bonchev–Trinajstić information content (AvgIpc) is 3.32. The Morgan fingerprint density at radius 2 is 2.18 bits per heavy atom. The van der Waals surface area contributed by atoms with Gasteiger partial charge in [-0.25, -0.2) is 4.98 Å². The number of hydrogen-bond acceptors (Lipinski definition) is 6. The van der Waals surface area contributed by atoms with E-state index in [-0.39, 0.29) is 19.1 Å². The van der Waals surface area contributed by atoms with Crippen LogP contribution in [0.15, 0.2) is 22.6 Å². The van der Waals surface area contributed by atoms with Gasteiger partial charge in [0.15, 0.2) is 11.5 Å². The summed E-state index contributed by atoms with van der Waals surface area (Å²) in [6.07, 6.45) is 2.38.